The molecule has 0 saturated heterocycles. The van der Waals surface area contributed by atoms with E-state index < -0.39 is 10.0 Å². The molecule has 3 N–H and O–H groups in total. The predicted octanol–water partition coefficient (Wildman–Crippen LogP) is 2.28. The SMILES string of the molecule is CCn1c(Cc2ccc(OC)cc2)nnc1SCC(=O)Nc1ccc(S(N)(=O)=O)cc1. The largest absolute Gasteiger partial charge is 0.497 e. The number of rotatable bonds is 9. The number of benzene rings is 2. The van der Waals surface area contributed by atoms with Gasteiger partial charge in [0.15, 0.2) is 5.16 Å². The number of nitrogens with two attached hydrogens (primary N) is 1. The van der Waals surface area contributed by atoms with Crippen molar-refractivity contribution in [1.29, 1.82) is 0 Å². The van der Waals surface area contributed by atoms with Crippen LogP contribution in [-0.4, -0.2) is 42.0 Å². The Kier molecular flexibility index (Phi) is 7.31. The minimum Gasteiger partial charge on any atom is -0.497 e. The molecular formula is C20H23N5O4S2. The van der Waals surface area contributed by atoms with Crippen molar-refractivity contribution >= 4 is 33.4 Å². The number of hydrogen-bond acceptors (Lipinski definition) is 7. The molecule has 0 atom stereocenters. The van der Waals surface area contributed by atoms with Crippen LogP contribution in [0.4, 0.5) is 5.69 Å². The number of nitrogens with zero attached hydrogens (tertiary/aromatic N) is 3. The Morgan fingerprint density at radius 3 is 2.39 bits per heavy atom. The molecule has 1 aromatic heterocycles. The topological polar surface area (TPSA) is 129 Å². The Hall–Kier alpha value is -2.89. The van der Waals surface area contributed by atoms with E-state index in [1.165, 1.54) is 36.0 Å². The molecule has 31 heavy (non-hydrogen) atoms. The van der Waals surface area contributed by atoms with E-state index in [0.29, 0.717) is 23.8 Å². The first-order chi connectivity index (χ1) is 14.8. The summed E-state index contributed by atoms with van der Waals surface area (Å²) in [5.41, 5.74) is 1.57. The molecule has 0 fully saturated rings. The lowest BCUT2D eigenvalue weighted by atomic mass is 10.1. The lowest BCUT2D eigenvalue weighted by Gasteiger charge is -2.08. The van der Waals surface area contributed by atoms with Crippen molar-refractivity contribution < 1.29 is 17.9 Å². The third kappa shape index (κ3) is 6.06. The van der Waals surface area contributed by atoms with Gasteiger partial charge in [-0.15, -0.1) is 10.2 Å². The zero-order valence-corrected chi connectivity index (χ0v) is 18.7. The molecule has 0 bridgehead atoms. The second kappa shape index (κ2) is 9.94. The molecule has 0 aliphatic heterocycles. The Labute approximate surface area is 185 Å². The first-order valence-electron chi connectivity index (χ1n) is 9.40. The Morgan fingerprint density at radius 1 is 1.13 bits per heavy atom. The van der Waals surface area contributed by atoms with Gasteiger partial charge in [-0.1, -0.05) is 23.9 Å². The van der Waals surface area contributed by atoms with Crippen LogP contribution >= 0.6 is 11.8 Å². The number of carbonyl (C=O) groups is 1. The number of amides is 1. The number of anilines is 1. The summed E-state index contributed by atoms with van der Waals surface area (Å²) >= 11 is 1.29. The second-order valence-electron chi connectivity index (χ2n) is 6.57. The normalized spacial score (nSPS) is 11.3. The zero-order chi connectivity index (χ0) is 22.4. The number of nitrogens with one attached hydrogen (secondary N) is 1. The van der Waals surface area contributed by atoms with Crippen LogP contribution in [0, 0.1) is 0 Å². The van der Waals surface area contributed by atoms with E-state index >= 15 is 0 Å². The summed E-state index contributed by atoms with van der Waals surface area (Å²) in [6, 6.07) is 13.4. The predicted molar refractivity (Wildman–Crippen MR) is 119 cm³/mol. The summed E-state index contributed by atoms with van der Waals surface area (Å²) in [6.07, 6.45) is 0.619. The van der Waals surface area contributed by atoms with Gasteiger partial charge in [-0.3, -0.25) is 4.79 Å². The average molecular weight is 462 g/mol. The summed E-state index contributed by atoms with van der Waals surface area (Å²) in [5.74, 6) is 1.50. The van der Waals surface area contributed by atoms with E-state index in [2.05, 4.69) is 15.5 Å². The Bertz CT molecular complexity index is 1140. The highest BCUT2D eigenvalue weighted by molar-refractivity contribution is 7.99. The molecule has 0 saturated carbocycles. The van der Waals surface area contributed by atoms with Gasteiger partial charge in [-0.05, 0) is 48.9 Å². The average Bonchev–Trinajstić information content (AvgIpc) is 3.14. The molecule has 3 aromatic rings. The van der Waals surface area contributed by atoms with Crippen LogP contribution in [-0.2, 0) is 27.8 Å². The van der Waals surface area contributed by atoms with Gasteiger partial charge < -0.3 is 14.6 Å². The number of thioether (sulfide) groups is 1. The van der Waals surface area contributed by atoms with Gasteiger partial charge >= 0.3 is 0 Å². The molecule has 2 aromatic carbocycles. The maximum absolute atomic E-state index is 12.3. The van der Waals surface area contributed by atoms with Crippen LogP contribution in [0.5, 0.6) is 5.75 Å². The highest BCUT2D eigenvalue weighted by atomic mass is 32.2. The van der Waals surface area contributed by atoms with Crippen molar-refractivity contribution in [3.05, 3.63) is 59.9 Å². The maximum Gasteiger partial charge on any atom is 0.238 e. The Balaban J connectivity index is 1.60. The molecule has 0 radical (unpaired) electrons. The fraction of sp³-hybridized carbons (Fsp3) is 0.250. The molecule has 0 unspecified atom stereocenters. The van der Waals surface area contributed by atoms with Crippen molar-refractivity contribution in [3.8, 4) is 5.75 Å². The van der Waals surface area contributed by atoms with Gasteiger partial charge in [0.1, 0.15) is 11.6 Å². The zero-order valence-electron chi connectivity index (χ0n) is 17.1. The smallest absolute Gasteiger partial charge is 0.238 e. The van der Waals surface area contributed by atoms with Crippen molar-refractivity contribution in [1.82, 2.24) is 14.8 Å². The molecular weight excluding hydrogens is 438 g/mol. The Morgan fingerprint density at radius 2 is 1.81 bits per heavy atom. The van der Waals surface area contributed by atoms with E-state index in [9.17, 15) is 13.2 Å². The molecule has 11 heteroatoms. The highest BCUT2D eigenvalue weighted by Gasteiger charge is 2.14. The highest BCUT2D eigenvalue weighted by Crippen LogP contribution is 2.21. The monoisotopic (exact) mass is 461 g/mol. The number of ether oxygens (including phenoxy) is 1. The third-order valence-electron chi connectivity index (χ3n) is 4.43. The fourth-order valence-corrected chi connectivity index (χ4v) is 4.19. The van der Waals surface area contributed by atoms with Gasteiger partial charge in [0.25, 0.3) is 0 Å². The quantitative estimate of drug-likeness (QED) is 0.468. The number of hydrogen-bond donors (Lipinski definition) is 2. The van der Waals surface area contributed by atoms with Gasteiger partial charge in [-0.25, -0.2) is 13.6 Å². The van der Waals surface area contributed by atoms with Crippen molar-refractivity contribution in [2.24, 2.45) is 5.14 Å². The fourth-order valence-electron chi connectivity index (χ4n) is 2.86. The lowest BCUT2D eigenvalue weighted by Crippen LogP contribution is -2.15. The van der Waals surface area contributed by atoms with E-state index in [1.54, 1.807) is 7.11 Å². The van der Waals surface area contributed by atoms with Gasteiger partial charge in [0.05, 0.1) is 17.8 Å². The van der Waals surface area contributed by atoms with Gasteiger partial charge in [-0.2, -0.15) is 0 Å². The van der Waals surface area contributed by atoms with E-state index in [1.807, 2.05) is 35.8 Å². The molecule has 9 nitrogen and oxygen atoms in total. The number of sulfonamides is 1. The minimum atomic E-state index is -3.77. The van der Waals surface area contributed by atoms with Gasteiger partial charge in [0.2, 0.25) is 15.9 Å². The van der Waals surface area contributed by atoms with E-state index in [4.69, 9.17) is 9.88 Å². The van der Waals surface area contributed by atoms with Crippen LogP contribution in [0.3, 0.4) is 0 Å². The first kappa shape index (κ1) is 22.8. The van der Waals surface area contributed by atoms with Crippen molar-refractivity contribution in [3.63, 3.8) is 0 Å². The number of carbonyl (C=O) groups excluding carboxylic acids is 1. The van der Waals surface area contributed by atoms with Crippen LogP contribution < -0.4 is 15.2 Å². The van der Waals surface area contributed by atoms with E-state index in [0.717, 1.165) is 17.1 Å². The van der Waals surface area contributed by atoms with Crippen LogP contribution in [0.2, 0.25) is 0 Å². The summed E-state index contributed by atoms with van der Waals surface area (Å²) in [4.78, 5) is 12.3. The van der Waals surface area contributed by atoms with Crippen LogP contribution in [0.15, 0.2) is 58.6 Å². The minimum absolute atomic E-state index is 0.0136. The third-order valence-corrected chi connectivity index (χ3v) is 6.33. The van der Waals surface area contributed by atoms with E-state index in [-0.39, 0.29) is 16.6 Å². The van der Waals surface area contributed by atoms with Crippen LogP contribution in [0.25, 0.3) is 0 Å². The maximum atomic E-state index is 12.3. The first-order valence-corrected chi connectivity index (χ1v) is 11.9. The molecule has 1 heterocycles. The number of methoxy groups -OCH3 is 1. The molecule has 0 aliphatic rings. The van der Waals surface area contributed by atoms with Crippen LogP contribution in [0.1, 0.15) is 18.3 Å². The molecule has 164 valence electrons. The molecule has 0 aliphatic carbocycles. The van der Waals surface area contributed by atoms with Crippen molar-refractivity contribution in [2.45, 2.75) is 29.9 Å². The summed E-state index contributed by atoms with van der Waals surface area (Å²) < 4.78 is 29.8. The molecule has 3 rings (SSSR count). The van der Waals surface area contributed by atoms with Gasteiger partial charge in [0, 0.05) is 18.7 Å². The second-order valence-corrected chi connectivity index (χ2v) is 9.08. The standard InChI is InChI=1S/C20H23N5O4S2/c1-3-25-18(12-14-4-8-16(29-2)9-5-14)23-24-20(25)30-13-19(26)22-15-6-10-17(11-7-15)31(21,27)28/h4-11H,3,12-13H2,1-2H3,(H,22,26)(H2,21,27,28). The van der Waals surface area contributed by atoms with Crippen molar-refractivity contribution in [2.75, 3.05) is 18.2 Å². The summed E-state index contributed by atoms with van der Waals surface area (Å²) in [6.45, 7) is 2.68. The summed E-state index contributed by atoms with van der Waals surface area (Å²) in [7, 11) is -2.14. The number of primary sulfonamides is 1. The molecule has 1 amide bonds. The lowest BCUT2D eigenvalue weighted by molar-refractivity contribution is -0.113. The number of aromatic nitrogens is 3. The summed E-state index contributed by atoms with van der Waals surface area (Å²) in [5, 5.41) is 17.0. The molecule has 0 spiro atoms.